The van der Waals surface area contributed by atoms with Gasteiger partial charge >= 0.3 is 0 Å². The van der Waals surface area contributed by atoms with Crippen LogP contribution in [0.2, 0.25) is 0 Å². The minimum atomic E-state index is -0.708. The van der Waals surface area contributed by atoms with Crippen LogP contribution < -0.4 is 5.32 Å². The van der Waals surface area contributed by atoms with Crippen molar-refractivity contribution in [2.45, 2.75) is 70.4 Å². The summed E-state index contributed by atoms with van der Waals surface area (Å²) in [6, 6.07) is 0. The summed E-state index contributed by atoms with van der Waals surface area (Å²) >= 11 is 0. The van der Waals surface area contributed by atoms with Crippen LogP contribution in [0.25, 0.3) is 0 Å². The molecule has 1 heterocycles. The Labute approximate surface area is 109 Å². The van der Waals surface area contributed by atoms with Gasteiger partial charge in [0, 0.05) is 6.54 Å². The minimum absolute atomic E-state index is 0.0670. The number of carbonyl (C=O) groups excluding carboxylic acids is 2. The lowest BCUT2D eigenvalue weighted by Gasteiger charge is -2.50. The number of hydrogen-bond donors (Lipinski definition) is 1. The van der Waals surface area contributed by atoms with E-state index in [9.17, 15) is 9.59 Å². The van der Waals surface area contributed by atoms with Crippen LogP contribution in [0.3, 0.4) is 0 Å². The first-order valence-electron chi connectivity index (χ1n) is 7.15. The highest BCUT2D eigenvalue weighted by atomic mass is 16.2. The highest BCUT2D eigenvalue weighted by molar-refractivity contribution is 6.02. The van der Waals surface area contributed by atoms with Gasteiger partial charge in [0.05, 0.1) is 0 Å². The number of rotatable bonds is 3. The molecule has 2 rings (SSSR count). The zero-order valence-electron chi connectivity index (χ0n) is 11.7. The fourth-order valence-electron chi connectivity index (χ4n) is 3.27. The van der Waals surface area contributed by atoms with Crippen LogP contribution in [0.1, 0.15) is 59.3 Å². The summed E-state index contributed by atoms with van der Waals surface area (Å²) in [6.07, 6.45) is 5.29. The van der Waals surface area contributed by atoms with Crippen molar-refractivity contribution >= 4 is 11.8 Å². The van der Waals surface area contributed by atoms with Gasteiger partial charge in [0.25, 0.3) is 0 Å². The number of hydrogen-bond acceptors (Lipinski definition) is 2. The maximum absolute atomic E-state index is 12.7. The Hall–Kier alpha value is -1.06. The molecule has 0 aromatic heterocycles. The molecular formula is C14H24N2O2. The van der Waals surface area contributed by atoms with Crippen molar-refractivity contribution in [3.05, 3.63) is 0 Å². The molecule has 1 saturated carbocycles. The van der Waals surface area contributed by atoms with Crippen molar-refractivity contribution in [3.8, 4) is 0 Å². The van der Waals surface area contributed by atoms with Crippen molar-refractivity contribution in [3.63, 3.8) is 0 Å². The van der Waals surface area contributed by atoms with E-state index in [0.29, 0.717) is 13.0 Å². The summed E-state index contributed by atoms with van der Waals surface area (Å²) in [5.74, 6) is 0.172. The summed E-state index contributed by atoms with van der Waals surface area (Å²) < 4.78 is 0. The summed E-state index contributed by atoms with van der Waals surface area (Å²) in [7, 11) is 0. The molecule has 0 radical (unpaired) electrons. The van der Waals surface area contributed by atoms with Gasteiger partial charge in [-0.1, -0.05) is 26.7 Å². The normalized spacial score (nSPS) is 30.9. The van der Waals surface area contributed by atoms with Gasteiger partial charge in [-0.15, -0.1) is 0 Å². The molecule has 2 fully saturated rings. The van der Waals surface area contributed by atoms with E-state index < -0.39 is 11.1 Å². The smallest absolute Gasteiger partial charge is 0.248 e. The SMILES string of the molecule is CCCN1C(=O)C(C)(CC)NC(=O)C12CCCC2. The average Bonchev–Trinajstić information content (AvgIpc) is 2.83. The van der Waals surface area contributed by atoms with Crippen LogP contribution in [-0.2, 0) is 9.59 Å². The zero-order valence-corrected chi connectivity index (χ0v) is 11.7. The van der Waals surface area contributed by atoms with Gasteiger partial charge in [0.15, 0.2) is 0 Å². The van der Waals surface area contributed by atoms with Gasteiger partial charge in [0.1, 0.15) is 11.1 Å². The maximum Gasteiger partial charge on any atom is 0.248 e. The molecule has 0 aromatic rings. The van der Waals surface area contributed by atoms with E-state index in [-0.39, 0.29) is 11.8 Å². The predicted octanol–water partition coefficient (Wildman–Crippen LogP) is 1.84. The monoisotopic (exact) mass is 252 g/mol. The van der Waals surface area contributed by atoms with Crippen LogP contribution in [-0.4, -0.2) is 34.3 Å². The molecule has 1 aliphatic heterocycles. The predicted molar refractivity (Wildman–Crippen MR) is 70.0 cm³/mol. The number of carbonyl (C=O) groups is 2. The molecule has 4 nitrogen and oxygen atoms in total. The molecule has 1 unspecified atom stereocenters. The first-order valence-corrected chi connectivity index (χ1v) is 7.15. The lowest BCUT2D eigenvalue weighted by atomic mass is 9.83. The second-order valence-corrected chi connectivity index (χ2v) is 5.84. The van der Waals surface area contributed by atoms with E-state index in [1.54, 1.807) is 0 Å². The van der Waals surface area contributed by atoms with Gasteiger partial charge in [-0.3, -0.25) is 9.59 Å². The number of amides is 2. The van der Waals surface area contributed by atoms with Crippen molar-refractivity contribution in [2.75, 3.05) is 6.54 Å². The Bertz CT molecular complexity index is 361. The molecule has 0 bridgehead atoms. The van der Waals surface area contributed by atoms with Crippen LogP contribution in [0.4, 0.5) is 0 Å². The third kappa shape index (κ3) is 1.73. The van der Waals surface area contributed by atoms with E-state index >= 15 is 0 Å². The topological polar surface area (TPSA) is 49.4 Å². The molecule has 1 atom stereocenters. The van der Waals surface area contributed by atoms with Crippen molar-refractivity contribution in [1.82, 2.24) is 10.2 Å². The van der Waals surface area contributed by atoms with Crippen LogP contribution in [0, 0.1) is 0 Å². The zero-order chi connectivity index (χ0) is 13.4. The quantitative estimate of drug-likeness (QED) is 0.833. The van der Waals surface area contributed by atoms with Crippen LogP contribution in [0.5, 0.6) is 0 Å². The van der Waals surface area contributed by atoms with Crippen LogP contribution in [0.15, 0.2) is 0 Å². The van der Waals surface area contributed by atoms with Crippen molar-refractivity contribution in [1.29, 1.82) is 0 Å². The Kier molecular flexibility index (Phi) is 3.39. The second kappa shape index (κ2) is 4.56. The molecular weight excluding hydrogens is 228 g/mol. The third-order valence-electron chi connectivity index (χ3n) is 4.63. The Balaban J connectivity index is 2.37. The van der Waals surface area contributed by atoms with Gasteiger partial charge in [-0.2, -0.15) is 0 Å². The highest BCUT2D eigenvalue weighted by Crippen LogP contribution is 2.40. The summed E-state index contributed by atoms with van der Waals surface area (Å²) in [5, 5.41) is 2.98. The molecule has 18 heavy (non-hydrogen) atoms. The number of piperazine rings is 1. The number of nitrogens with one attached hydrogen (secondary N) is 1. The van der Waals surface area contributed by atoms with Gasteiger partial charge in [0.2, 0.25) is 11.8 Å². The second-order valence-electron chi connectivity index (χ2n) is 5.84. The molecule has 1 saturated heterocycles. The molecule has 1 N–H and O–H groups in total. The van der Waals surface area contributed by atoms with Gasteiger partial charge in [-0.25, -0.2) is 0 Å². The van der Waals surface area contributed by atoms with E-state index in [1.807, 2.05) is 18.7 Å². The lowest BCUT2D eigenvalue weighted by molar-refractivity contribution is -0.162. The summed E-state index contributed by atoms with van der Waals surface area (Å²) in [4.78, 5) is 27.1. The standard InChI is InChI=1S/C14H24N2O2/c1-4-10-16-12(18)13(3,5-2)15-11(17)14(16)8-6-7-9-14/h4-10H2,1-3H3,(H,15,17). The van der Waals surface area contributed by atoms with Crippen molar-refractivity contribution in [2.24, 2.45) is 0 Å². The molecule has 4 heteroatoms. The minimum Gasteiger partial charge on any atom is -0.340 e. The maximum atomic E-state index is 12.7. The van der Waals surface area contributed by atoms with E-state index in [2.05, 4.69) is 12.2 Å². The summed E-state index contributed by atoms with van der Waals surface area (Å²) in [6.45, 7) is 6.56. The average molecular weight is 252 g/mol. The lowest BCUT2D eigenvalue weighted by Crippen LogP contribution is -2.74. The van der Waals surface area contributed by atoms with Crippen molar-refractivity contribution < 1.29 is 9.59 Å². The highest BCUT2D eigenvalue weighted by Gasteiger charge is 2.56. The fraction of sp³-hybridized carbons (Fsp3) is 0.857. The molecule has 0 aromatic carbocycles. The number of nitrogens with zero attached hydrogens (tertiary/aromatic N) is 1. The van der Waals surface area contributed by atoms with Crippen LogP contribution >= 0.6 is 0 Å². The van der Waals surface area contributed by atoms with E-state index in [1.165, 1.54) is 0 Å². The first kappa shape index (κ1) is 13.4. The summed E-state index contributed by atoms with van der Waals surface area (Å²) in [5.41, 5.74) is -1.25. The molecule has 2 amide bonds. The Morgan fingerprint density at radius 3 is 2.33 bits per heavy atom. The molecule has 1 spiro atoms. The fourth-order valence-corrected chi connectivity index (χ4v) is 3.27. The third-order valence-corrected chi connectivity index (χ3v) is 4.63. The van der Waals surface area contributed by atoms with Gasteiger partial charge in [-0.05, 0) is 32.6 Å². The Morgan fingerprint density at radius 1 is 1.22 bits per heavy atom. The Morgan fingerprint density at radius 2 is 1.83 bits per heavy atom. The first-order chi connectivity index (χ1) is 8.50. The molecule has 1 aliphatic carbocycles. The largest absolute Gasteiger partial charge is 0.340 e. The van der Waals surface area contributed by atoms with Gasteiger partial charge < -0.3 is 10.2 Å². The van der Waals surface area contributed by atoms with E-state index in [4.69, 9.17) is 0 Å². The molecule has 102 valence electrons. The molecule has 2 aliphatic rings. The van der Waals surface area contributed by atoms with E-state index in [0.717, 1.165) is 32.1 Å².